The molecule has 1 saturated heterocycles. The van der Waals surface area contributed by atoms with Crippen LogP contribution in [0.1, 0.15) is 66.1 Å². The van der Waals surface area contributed by atoms with E-state index in [0.29, 0.717) is 6.04 Å². The summed E-state index contributed by atoms with van der Waals surface area (Å²) in [4.78, 5) is 2.65. The number of nitrogens with zero attached hydrogens (tertiary/aromatic N) is 3. The molecule has 0 aromatic carbocycles. The smallest absolute Gasteiger partial charge is 0.0765 e. The largest absolute Gasteiger partial charge is 0.309 e. The monoisotopic (exact) mass is 292 g/mol. The van der Waals surface area contributed by atoms with Gasteiger partial charge in [-0.05, 0) is 46.6 Å². The Kier molecular flexibility index (Phi) is 4.79. The molecule has 1 aliphatic rings. The lowest BCUT2D eigenvalue weighted by atomic mass is 9.84. The van der Waals surface area contributed by atoms with Crippen molar-refractivity contribution in [1.29, 1.82) is 0 Å². The van der Waals surface area contributed by atoms with Gasteiger partial charge in [-0.15, -0.1) is 0 Å². The van der Waals surface area contributed by atoms with Crippen LogP contribution < -0.4 is 5.32 Å². The molecule has 4 heteroatoms. The lowest BCUT2D eigenvalue weighted by Crippen LogP contribution is -2.67. The van der Waals surface area contributed by atoms with Crippen LogP contribution in [-0.4, -0.2) is 38.8 Å². The minimum atomic E-state index is 0.175. The van der Waals surface area contributed by atoms with Crippen molar-refractivity contribution >= 4 is 0 Å². The molecule has 0 spiro atoms. The maximum absolute atomic E-state index is 4.74. The van der Waals surface area contributed by atoms with Gasteiger partial charge in [0, 0.05) is 43.0 Å². The fourth-order valence-electron chi connectivity index (χ4n) is 3.33. The van der Waals surface area contributed by atoms with E-state index in [9.17, 15) is 0 Å². The van der Waals surface area contributed by atoms with Gasteiger partial charge in [-0.3, -0.25) is 9.58 Å². The topological polar surface area (TPSA) is 33.1 Å². The summed E-state index contributed by atoms with van der Waals surface area (Å²) < 4.78 is 2.06. The third-order valence-corrected chi connectivity index (χ3v) is 5.01. The summed E-state index contributed by atoms with van der Waals surface area (Å²) in [6.45, 7) is 16.6. The summed E-state index contributed by atoms with van der Waals surface area (Å²) in [5.41, 5.74) is 1.62. The molecule has 2 heterocycles. The summed E-state index contributed by atoms with van der Waals surface area (Å²) >= 11 is 0. The Morgan fingerprint density at radius 3 is 2.48 bits per heavy atom. The second kappa shape index (κ2) is 6.09. The molecule has 1 N–H and O–H groups in total. The van der Waals surface area contributed by atoms with Crippen LogP contribution >= 0.6 is 0 Å². The maximum Gasteiger partial charge on any atom is 0.0765 e. The predicted molar refractivity (Wildman–Crippen MR) is 88.4 cm³/mol. The molecule has 1 aromatic rings. The molecular weight excluding hydrogens is 260 g/mol. The van der Waals surface area contributed by atoms with Gasteiger partial charge in [0.1, 0.15) is 0 Å². The molecule has 0 unspecified atom stereocenters. The van der Waals surface area contributed by atoms with E-state index in [1.807, 2.05) is 0 Å². The number of nitrogens with one attached hydrogen (secondary N) is 1. The lowest BCUT2D eigenvalue weighted by Gasteiger charge is -2.52. The van der Waals surface area contributed by atoms with Crippen LogP contribution in [0.3, 0.4) is 0 Å². The molecule has 0 saturated carbocycles. The minimum absolute atomic E-state index is 0.175. The molecule has 120 valence electrons. The Morgan fingerprint density at radius 1 is 1.29 bits per heavy atom. The Hall–Kier alpha value is -0.870. The van der Waals surface area contributed by atoms with E-state index < -0.39 is 0 Å². The number of aromatic nitrogens is 2. The number of hydrogen-bond donors (Lipinski definition) is 1. The fraction of sp³-hybridized carbons (Fsp3) is 0.824. The van der Waals surface area contributed by atoms with Crippen LogP contribution in [0.5, 0.6) is 0 Å². The summed E-state index contributed by atoms with van der Waals surface area (Å²) in [6.07, 6.45) is 4.46. The first-order chi connectivity index (χ1) is 9.82. The second-order valence-corrected chi connectivity index (χ2v) is 7.41. The minimum Gasteiger partial charge on any atom is -0.309 e. The van der Waals surface area contributed by atoms with Crippen molar-refractivity contribution in [3.05, 3.63) is 18.0 Å². The first-order valence-electron chi connectivity index (χ1n) is 8.36. The van der Waals surface area contributed by atoms with Gasteiger partial charge in [-0.25, -0.2) is 0 Å². The van der Waals surface area contributed by atoms with Gasteiger partial charge in [0.2, 0.25) is 0 Å². The van der Waals surface area contributed by atoms with E-state index in [4.69, 9.17) is 5.10 Å². The molecule has 1 fully saturated rings. The van der Waals surface area contributed by atoms with Crippen LogP contribution in [0.25, 0.3) is 0 Å². The highest BCUT2D eigenvalue weighted by molar-refractivity contribution is 5.06. The Labute approximate surface area is 129 Å². The highest BCUT2D eigenvalue weighted by atomic mass is 15.3. The van der Waals surface area contributed by atoms with Gasteiger partial charge in [0.05, 0.1) is 5.69 Å². The quantitative estimate of drug-likeness (QED) is 0.904. The molecule has 0 radical (unpaired) electrons. The van der Waals surface area contributed by atoms with Gasteiger partial charge in [0.15, 0.2) is 0 Å². The molecule has 0 aliphatic carbocycles. The average Bonchev–Trinajstić information content (AvgIpc) is 2.88. The van der Waals surface area contributed by atoms with E-state index in [1.165, 1.54) is 18.5 Å². The molecule has 0 atom stereocenters. The highest BCUT2D eigenvalue weighted by Crippen LogP contribution is 2.31. The summed E-state index contributed by atoms with van der Waals surface area (Å²) in [5.74, 6) is 0. The molecule has 1 aromatic heterocycles. The Balaban J connectivity index is 2.19. The van der Waals surface area contributed by atoms with Gasteiger partial charge in [-0.2, -0.15) is 5.10 Å². The fourth-order valence-corrected chi connectivity index (χ4v) is 3.33. The first kappa shape index (κ1) is 16.5. The zero-order valence-corrected chi connectivity index (χ0v) is 14.6. The lowest BCUT2D eigenvalue weighted by molar-refractivity contribution is 0.00132. The third kappa shape index (κ3) is 3.49. The normalized spacial score (nSPS) is 21.9. The third-order valence-electron chi connectivity index (χ3n) is 5.01. The zero-order valence-electron chi connectivity index (χ0n) is 14.6. The van der Waals surface area contributed by atoms with E-state index >= 15 is 0 Å². The summed E-state index contributed by atoms with van der Waals surface area (Å²) in [6, 6.07) is 2.60. The van der Waals surface area contributed by atoms with Crippen LogP contribution in [0.15, 0.2) is 12.3 Å². The van der Waals surface area contributed by atoms with Crippen molar-refractivity contribution < 1.29 is 0 Å². The number of hydrogen-bond acceptors (Lipinski definition) is 3. The van der Waals surface area contributed by atoms with Gasteiger partial charge < -0.3 is 5.32 Å². The highest BCUT2D eigenvalue weighted by Gasteiger charge is 2.41. The van der Waals surface area contributed by atoms with Crippen molar-refractivity contribution in [2.24, 2.45) is 0 Å². The van der Waals surface area contributed by atoms with E-state index in [2.05, 4.69) is 68.7 Å². The van der Waals surface area contributed by atoms with Crippen molar-refractivity contribution in [3.63, 3.8) is 0 Å². The van der Waals surface area contributed by atoms with Gasteiger partial charge >= 0.3 is 0 Å². The predicted octanol–water partition coefficient (Wildman–Crippen LogP) is 3.21. The van der Waals surface area contributed by atoms with Gasteiger partial charge in [-0.1, -0.05) is 13.8 Å². The molecule has 1 aliphatic heterocycles. The molecule has 21 heavy (non-hydrogen) atoms. The average molecular weight is 292 g/mol. The van der Waals surface area contributed by atoms with E-state index in [1.54, 1.807) is 0 Å². The summed E-state index contributed by atoms with van der Waals surface area (Å²) in [5, 5.41) is 8.46. The van der Waals surface area contributed by atoms with Crippen LogP contribution in [-0.2, 0) is 6.54 Å². The Morgan fingerprint density at radius 2 is 1.95 bits per heavy atom. The van der Waals surface area contributed by atoms with Crippen molar-refractivity contribution in [3.8, 4) is 0 Å². The molecule has 0 amide bonds. The summed E-state index contributed by atoms with van der Waals surface area (Å²) in [7, 11) is 0. The molecule has 4 nitrogen and oxygen atoms in total. The molecule has 2 rings (SSSR count). The van der Waals surface area contributed by atoms with Gasteiger partial charge in [0.25, 0.3) is 0 Å². The number of rotatable bonds is 5. The second-order valence-electron chi connectivity index (χ2n) is 7.41. The van der Waals surface area contributed by atoms with Crippen molar-refractivity contribution in [2.75, 3.05) is 13.1 Å². The molecule has 0 bridgehead atoms. The van der Waals surface area contributed by atoms with Crippen molar-refractivity contribution in [1.82, 2.24) is 20.0 Å². The first-order valence-corrected chi connectivity index (χ1v) is 8.36. The van der Waals surface area contributed by atoms with Crippen LogP contribution in [0.2, 0.25) is 0 Å². The standard InChI is InChI=1S/C17H32N4/c1-7-17(8-2)12-18-16(5,6)13-20(17)11-15-9-10-21(19-15)14(3)4/h9-10,14,18H,7-8,11-13H2,1-6H3. The SMILES string of the molecule is CCC1(CC)CNC(C)(C)CN1Cc1ccn(C(C)C)n1. The van der Waals surface area contributed by atoms with Crippen LogP contribution in [0.4, 0.5) is 0 Å². The van der Waals surface area contributed by atoms with Crippen molar-refractivity contribution in [2.45, 2.75) is 78.0 Å². The Bertz CT molecular complexity index is 457. The van der Waals surface area contributed by atoms with E-state index in [0.717, 1.165) is 19.6 Å². The van der Waals surface area contributed by atoms with Crippen LogP contribution in [0, 0.1) is 0 Å². The molecular formula is C17H32N4. The maximum atomic E-state index is 4.74. The van der Waals surface area contributed by atoms with E-state index in [-0.39, 0.29) is 11.1 Å². The zero-order chi connectivity index (χ0) is 15.7. The number of piperazine rings is 1.